The average molecular weight is 320 g/mol. The zero-order valence-electron chi connectivity index (χ0n) is 12.1. The summed E-state index contributed by atoms with van der Waals surface area (Å²) in [6.07, 6.45) is 1.56. The summed E-state index contributed by atoms with van der Waals surface area (Å²) in [5.41, 5.74) is 2.38. The van der Waals surface area contributed by atoms with Crippen LogP contribution < -0.4 is 9.62 Å². The van der Waals surface area contributed by atoms with Gasteiger partial charge in [-0.15, -0.1) is 0 Å². The monoisotopic (exact) mass is 320 g/mol. The van der Waals surface area contributed by atoms with Crippen molar-refractivity contribution in [2.24, 2.45) is 0 Å². The smallest absolute Gasteiger partial charge is 0.312 e. The van der Waals surface area contributed by atoms with Crippen molar-refractivity contribution in [1.82, 2.24) is 15.1 Å². The zero-order valence-corrected chi connectivity index (χ0v) is 12.9. The summed E-state index contributed by atoms with van der Waals surface area (Å²) in [4.78, 5) is 8.45. The number of thioether (sulfide) groups is 1. The third-order valence-electron chi connectivity index (χ3n) is 3.50. The van der Waals surface area contributed by atoms with Gasteiger partial charge < -0.3 is 5.11 Å². The van der Waals surface area contributed by atoms with Crippen molar-refractivity contribution in [2.75, 3.05) is 0 Å². The van der Waals surface area contributed by atoms with Crippen LogP contribution in [0.1, 0.15) is 5.56 Å². The minimum Gasteiger partial charge on any atom is -0.856 e. The van der Waals surface area contributed by atoms with Crippen molar-refractivity contribution >= 4 is 28.2 Å². The Hall–Kier alpha value is -2.73. The Balaban J connectivity index is 1.74. The predicted molar refractivity (Wildman–Crippen MR) is 85.9 cm³/mol. The van der Waals surface area contributed by atoms with Gasteiger partial charge in [-0.3, -0.25) is 0 Å². The lowest BCUT2D eigenvalue weighted by Crippen LogP contribution is -2.30. The Bertz CT molecular complexity index is 992. The van der Waals surface area contributed by atoms with Crippen molar-refractivity contribution < 1.29 is 9.62 Å². The van der Waals surface area contributed by atoms with E-state index in [1.807, 2.05) is 54.6 Å². The SMILES string of the molecule is [O-]c1nc(SCc2ccccc2)n[n+]2cnc3ccccc3c12. The molecule has 0 bridgehead atoms. The van der Waals surface area contributed by atoms with Crippen LogP contribution in [-0.2, 0) is 5.75 Å². The van der Waals surface area contributed by atoms with E-state index in [0.717, 1.165) is 16.5 Å². The fourth-order valence-corrected chi connectivity index (χ4v) is 3.19. The number of hydrogen-bond acceptors (Lipinski definition) is 5. The lowest BCUT2D eigenvalue weighted by Gasteiger charge is -2.08. The number of nitrogens with zero attached hydrogens (tertiary/aromatic N) is 4. The van der Waals surface area contributed by atoms with E-state index in [-0.39, 0.29) is 5.88 Å². The first-order valence-electron chi connectivity index (χ1n) is 7.12. The first kappa shape index (κ1) is 13.9. The topological polar surface area (TPSA) is 65.8 Å². The minimum absolute atomic E-state index is 0.283. The Morgan fingerprint density at radius 3 is 2.65 bits per heavy atom. The average Bonchev–Trinajstić information content (AvgIpc) is 2.60. The van der Waals surface area contributed by atoms with E-state index in [0.29, 0.717) is 16.4 Å². The summed E-state index contributed by atoms with van der Waals surface area (Å²) < 4.78 is 1.52. The van der Waals surface area contributed by atoms with Gasteiger partial charge in [0.15, 0.2) is 11.0 Å². The van der Waals surface area contributed by atoms with Gasteiger partial charge in [0, 0.05) is 11.6 Å². The van der Waals surface area contributed by atoms with Gasteiger partial charge >= 0.3 is 6.33 Å². The maximum absolute atomic E-state index is 12.4. The fraction of sp³-hybridized carbons (Fsp3) is 0.0588. The van der Waals surface area contributed by atoms with Crippen LogP contribution in [0.25, 0.3) is 16.4 Å². The first-order valence-corrected chi connectivity index (χ1v) is 8.11. The highest BCUT2D eigenvalue weighted by Crippen LogP contribution is 2.23. The summed E-state index contributed by atoms with van der Waals surface area (Å²) in [6, 6.07) is 17.5. The summed E-state index contributed by atoms with van der Waals surface area (Å²) in [7, 11) is 0. The van der Waals surface area contributed by atoms with E-state index in [1.54, 1.807) is 6.33 Å². The molecule has 0 aliphatic rings. The van der Waals surface area contributed by atoms with Crippen LogP contribution in [0.15, 0.2) is 66.1 Å². The number of hydrogen-bond donors (Lipinski definition) is 0. The van der Waals surface area contributed by atoms with Crippen molar-refractivity contribution in [3.05, 3.63) is 66.5 Å². The lowest BCUT2D eigenvalue weighted by molar-refractivity contribution is -0.591. The number of benzene rings is 2. The molecule has 0 aliphatic carbocycles. The van der Waals surface area contributed by atoms with Crippen LogP contribution in [-0.4, -0.2) is 15.1 Å². The standard InChI is InChI=1S/C17H12N4OS/c22-16-15-13-8-4-5-9-14(13)18-11-21(15)20-17(19-16)23-10-12-6-2-1-3-7-12/h1-9,11H,10H2. The minimum atomic E-state index is -0.283. The zero-order chi connectivity index (χ0) is 15.6. The van der Waals surface area contributed by atoms with Crippen LogP contribution >= 0.6 is 11.8 Å². The van der Waals surface area contributed by atoms with Crippen molar-refractivity contribution in [3.63, 3.8) is 0 Å². The van der Waals surface area contributed by atoms with Gasteiger partial charge in [-0.05, 0) is 22.7 Å². The second-order valence-corrected chi connectivity index (χ2v) is 5.97. The number of aromatic nitrogens is 4. The highest BCUT2D eigenvalue weighted by atomic mass is 32.2. The Morgan fingerprint density at radius 2 is 1.78 bits per heavy atom. The molecule has 112 valence electrons. The molecule has 2 aromatic carbocycles. The van der Waals surface area contributed by atoms with Gasteiger partial charge in [0.05, 0.1) is 5.39 Å². The van der Waals surface area contributed by atoms with E-state index < -0.39 is 0 Å². The van der Waals surface area contributed by atoms with E-state index in [9.17, 15) is 5.11 Å². The van der Waals surface area contributed by atoms with E-state index in [2.05, 4.69) is 15.1 Å². The Morgan fingerprint density at radius 1 is 1.00 bits per heavy atom. The quantitative estimate of drug-likeness (QED) is 0.329. The molecule has 0 unspecified atom stereocenters. The molecule has 2 heterocycles. The first-order chi connectivity index (χ1) is 11.3. The molecule has 0 N–H and O–H groups in total. The van der Waals surface area contributed by atoms with Crippen LogP contribution in [0.5, 0.6) is 5.88 Å². The van der Waals surface area contributed by atoms with Gasteiger partial charge in [-0.1, -0.05) is 63.8 Å². The molecule has 4 aromatic rings. The molecule has 5 nitrogen and oxygen atoms in total. The van der Waals surface area contributed by atoms with E-state index in [4.69, 9.17) is 0 Å². The molecule has 0 amide bonds. The lowest BCUT2D eigenvalue weighted by atomic mass is 10.2. The molecule has 0 aliphatic heterocycles. The molecule has 0 fully saturated rings. The molecule has 0 atom stereocenters. The van der Waals surface area contributed by atoms with Crippen molar-refractivity contribution in [3.8, 4) is 5.88 Å². The molecule has 2 aromatic heterocycles. The number of para-hydroxylation sites is 1. The van der Waals surface area contributed by atoms with Gasteiger partial charge in [0.25, 0.3) is 0 Å². The molecule has 4 rings (SSSR count). The second-order valence-electron chi connectivity index (χ2n) is 5.03. The van der Waals surface area contributed by atoms with Gasteiger partial charge in [0.1, 0.15) is 0 Å². The van der Waals surface area contributed by atoms with Gasteiger partial charge in [-0.25, -0.2) is 4.98 Å². The van der Waals surface area contributed by atoms with Gasteiger partial charge in [-0.2, -0.15) is 0 Å². The van der Waals surface area contributed by atoms with Crippen molar-refractivity contribution in [2.45, 2.75) is 10.9 Å². The summed E-state index contributed by atoms with van der Waals surface area (Å²) in [6.45, 7) is 0. The fourth-order valence-electron chi connectivity index (χ4n) is 2.41. The summed E-state index contributed by atoms with van der Waals surface area (Å²) >= 11 is 1.44. The normalized spacial score (nSPS) is 11.1. The third kappa shape index (κ3) is 2.68. The highest BCUT2D eigenvalue weighted by molar-refractivity contribution is 7.98. The largest absolute Gasteiger partial charge is 0.856 e. The molecule has 0 saturated heterocycles. The molecule has 23 heavy (non-hydrogen) atoms. The van der Waals surface area contributed by atoms with Crippen molar-refractivity contribution in [1.29, 1.82) is 0 Å². The van der Waals surface area contributed by atoms with Crippen LogP contribution in [0.3, 0.4) is 0 Å². The van der Waals surface area contributed by atoms with E-state index >= 15 is 0 Å². The second kappa shape index (κ2) is 5.81. The molecular weight excluding hydrogens is 308 g/mol. The predicted octanol–water partition coefficient (Wildman–Crippen LogP) is 2.13. The third-order valence-corrected chi connectivity index (χ3v) is 4.41. The van der Waals surface area contributed by atoms with Crippen LogP contribution in [0, 0.1) is 0 Å². The van der Waals surface area contributed by atoms with E-state index in [1.165, 1.54) is 16.3 Å². The Labute approximate surface area is 136 Å². The number of rotatable bonds is 3. The van der Waals surface area contributed by atoms with Crippen LogP contribution in [0.4, 0.5) is 0 Å². The maximum Gasteiger partial charge on any atom is 0.312 e. The Kier molecular flexibility index (Phi) is 3.51. The molecular formula is C17H12N4OS. The molecule has 0 saturated carbocycles. The van der Waals surface area contributed by atoms with Crippen LogP contribution in [0.2, 0.25) is 0 Å². The van der Waals surface area contributed by atoms with Gasteiger partial charge in [0.2, 0.25) is 5.16 Å². The highest BCUT2D eigenvalue weighted by Gasteiger charge is 2.13. The molecule has 0 spiro atoms. The summed E-state index contributed by atoms with van der Waals surface area (Å²) in [5.74, 6) is 0.432. The molecule has 6 heteroatoms. The maximum atomic E-state index is 12.4. The molecule has 0 radical (unpaired) electrons. The summed E-state index contributed by atoms with van der Waals surface area (Å²) in [5, 5.41) is 18.0. The number of fused-ring (bicyclic) bond motifs is 3.